The number of benzene rings is 1. The second-order valence-corrected chi connectivity index (χ2v) is 7.56. The highest BCUT2D eigenvalue weighted by Crippen LogP contribution is 2.45. The Morgan fingerprint density at radius 3 is 2.61 bits per heavy atom. The van der Waals surface area contributed by atoms with E-state index in [1.807, 2.05) is 18.2 Å². The Morgan fingerprint density at radius 1 is 1.17 bits per heavy atom. The summed E-state index contributed by atoms with van der Waals surface area (Å²) in [5.41, 5.74) is 0.850. The molecule has 0 aromatic heterocycles. The van der Waals surface area contributed by atoms with Gasteiger partial charge in [0.2, 0.25) is 0 Å². The van der Waals surface area contributed by atoms with E-state index in [0.29, 0.717) is 0 Å². The molecule has 1 aliphatic heterocycles. The van der Waals surface area contributed by atoms with Gasteiger partial charge < -0.3 is 4.74 Å². The van der Waals surface area contributed by atoms with Crippen LogP contribution in [0.4, 0.5) is 10.5 Å². The van der Waals surface area contributed by atoms with Crippen molar-refractivity contribution >= 4 is 22.7 Å². The first-order valence-corrected chi connectivity index (χ1v) is 9.92. The lowest BCUT2D eigenvalue weighted by Gasteiger charge is -2.19. The quantitative estimate of drug-likeness (QED) is 0.452. The van der Waals surface area contributed by atoms with Gasteiger partial charge in [-0.15, -0.1) is 0 Å². The number of allylic oxidation sites excluding steroid dienone is 2. The minimum Gasteiger partial charge on any atom is -0.446 e. The van der Waals surface area contributed by atoms with Crippen molar-refractivity contribution in [2.24, 2.45) is 0 Å². The molecule has 4 heteroatoms. The topological polar surface area (TPSA) is 38.3 Å². The van der Waals surface area contributed by atoms with Crippen LogP contribution in [0, 0.1) is 0 Å². The van der Waals surface area contributed by atoms with Crippen molar-refractivity contribution in [3.63, 3.8) is 0 Å². The van der Waals surface area contributed by atoms with Gasteiger partial charge >= 0.3 is 6.09 Å². The number of hydrogen-bond acceptors (Lipinski definition) is 2. The van der Waals surface area contributed by atoms with Gasteiger partial charge in [0, 0.05) is 4.90 Å². The Labute approximate surface area is 142 Å². The summed E-state index contributed by atoms with van der Waals surface area (Å²) in [4.78, 5) is 13.4. The van der Waals surface area contributed by atoms with E-state index in [0.717, 1.165) is 29.8 Å². The molecule has 23 heavy (non-hydrogen) atoms. The number of amides is 1. The molecule has 0 aliphatic carbocycles. The van der Waals surface area contributed by atoms with Crippen LogP contribution in [0.3, 0.4) is 0 Å². The average molecular weight is 333 g/mol. The first-order chi connectivity index (χ1) is 11.2. The fourth-order valence-corrected chi connectivity index (χ4v) is 4.22. The number of ether oxygens (including phenoxy) is 1. The molecule has 1 aromatic rings. The molecule has 0 spiro atoms. The molecule has 1 atom stereocenters. The van der Waals surface area contributed by atoms with Crippen LogP contribution in [0.5, 0.6) is 0 Å². The lowest BCUT2D eigenvalue weighted by molar-refractivity contribution is 0.101. The molecular formula is C19H27NO2S. The third-order valence-electron chi connectivity index (χ3n) is 3.88. The number of hydrogen-bond donors (Lipinski definition) is 2. The van der Waals surface area contributed by atoms with E-state index in [1.165, 1.54) is 12.8 Å². The normalized spacial score (nSPS) is 15.7. The van der Waals surface area contributed by atoms with Crippen LogP contribution >= 0.6 is 10.9 Å². The smallest absolute Gasteiger partial charge is 0.411 e. The van der Waals surface area contributed by atoms with Crippen LogP contribution in [0.15, 0.2) is 52.1 Å². The highest BCUT2D eigenvalue weighted by molar-refractivity contribution is 8.22. The highest BCUT2D eigenvalue weighted by Gasteiger charge is 2.15. The van der Waals surface area contributed by atoms with Gasteiger partial charge in [-0.25, -0.2) is 4.79 Å². The maximum atomic E-state index is 12.2. The number of carbonyl (C=O) groups is 1. The van der Waals surface area contributed by atoms with Crippen LogP contribution in [0.1, 0.15) is 46.0 Å². The van der Waals surface area contributed by atoms with Gasteiger partial charge in [0.25, 0.3) is 0 Å². The fraction of sp³-hybridized carbons (Fsp3) is 0.421. The molecule has 3 nitrogen and oxygen atoms in total. The van der Waals surface area contributed by atoms with Crippen molar-refractivity contribution in [2.75, 3.05) is 5.32 Å². The zero-order valence-corrected chi connectivity index (χ0v) is 14.9. The first-order valence-electron chi connectivity index (χ1n) is 8.44. The Kier molecular flexibility index (Phi) is 7.27. The van der Waals surface area contributed by atoms with E-state index >= 15 is 0 Å². The number of rotatable bonds is 8. The molecule has 1 N–H and O–H groups in total. The molecule has 1 aromatic carbocycles. The number of nitrogens with one attached hydrogen (secondary N) is 1. The van der Waals surface area contributed by atoms with E-state index < -0.39 is 10.9 Å². The second-order valence-electron chi connectivity index (χ2n) is 5.66. The van der Waals surface area contributed by atoms with Crippen LogP contribution in [0.2, 0.25) is 0 Å². The number of thiol groups is 1. The van der Waals surface area contributed by atoms with Crippen LogP contribution in [-0.4, -0.2) is 12.2 Å². The van der Waals surface area contributed by atoms with E-state index in [-0.39, 0.29) is 12.2 Å². The molecule has 0 saturated carbocycles. The van der Waals surface area contributed by atoms with Crippen LogP contribution in [-0.2, 0) is 4.74 Å². The molecule has 0 radical (unpaired) electrons. The van der Waals surface area contributed by atoms with Gasteiger partial charge in [0.05, 0.1) is 5.69 Å². The van der Waals surface area contributed by atoms with Crippen molar-refractivity contribution in [3.05, 3.63) is 47.2 Å². The predicted molar refractivity (Wildman–Crippen MR) is 100 cm³/mol. The van der Waals surface area contributed by atoms with Crippen molar-refractivity contribution in [1.29, 1.82) is 0 Å². The van der Waals surface area contributed by atoms with E-state index in [1.54, 1.807) is 0 Å². The Morgan fingerprint density at radius 2 is 1.91 bits per heavy atom. The van der Waals surface area contributed by atoms with Gasteiger partial charge in [-0.05, 0) is 42.2 Å². The summed E-state index contributed by atoms with van der Waals surface area (Å²) in [6.45, 7) is 4.24. The van der Waals surface area contributed by atoms with Crippen molar-refractivity contribution < 1.29 is 9.53 Å². The summed E-state index contributed by atoms with van der Waals surface area (Å²) in [7, 11) is -0.459. The summed E-state index contributed by atoms with van der Waals surface area (Å²) in [6, 6.07) is 7.96. The third kappa shape index (κ3) is 5.47. The molecule has 0 fully saturated rings. The molecule has 126 valence electrons. The Balaban J connectivity index is 1.94. The van der Waals surface area contributed by atoms with Gasteiger partial charge in [0.15, 0.2) is 0 Å². The lowest BCUT2D eigenvalue weighted by atomic mass is 10.1. The number of anilines is 1. The van der Waals surface area contributed by atoms with Crippen LogP contribution < -0.4 is 5.32 Å². The molecule has 0 saturated heterocycles. The van der Waals surface area contributed by atoms with E-state index in [4.69, 9.17) is 4.74 Å². The molecule has 1 heterocycles. The van der Waals surface area contributed by atoms with E-state index in [2.05, 4.69) is 48.2 Å². The molecular weight excluding hydrogens is 306 g/mol. The number of carbonyl (C=O) groups excluding carboxylic acids is 1. The minimum absolute atomic E-state index is 0.00528. The Hall–Kier alpha value is -1.68. The van der Waals surface area contributed by atoms with Crippen molar-refractivity contribution in [1.82, 2.24) is 0 Å². The molecule has 2 rings (SSSR count). The summed E-state index contributed by atoms with van der Waals surface area (Å²) >= 11 is 0. The second kappa shape index (κ2) is 9.46. The summed E-state index contributed by atoms with van der Waals surface area (Å²) < 4.78 is 5.59. The Bertz CT molecular complexity index is 556. The molecule has 1 amide bonds. The van der Waals surface area contributed by atoms with E-state index in [9.17, 15) is 4.79 Å². The third-order valence-corrected chi connectivity index (χ3v) is 5.82. The van der Waals surface area contributed by atoms with Gasteiger partial charge in [-0.2, -0.15) is 10.9 Å². The summed E-state index contributed by atoms with van der Waals surface area (Å²) in [6.07, 6.45) is 9.06. The summed E-state index contributed by atoms with van der Waals surface area (Å²) in [5, 5.41) is 7.29. The minimum atomic E-state index is -0.459. The number of para-hydroxylation sites is 1. The van der Waals surface area contributed by atoms with Crippen LogP contribution in [0.25, 0.3) is 0 Å². The first kappa shape index (κ1) is 17.7. The standard InChI is InChI=1S/C19H27NO2S/c1-3-5-6-11-16(4-2)22-19(21)20-17-12-7-8-13-18(17)23-14-9-10-15-23/h7-10,12-16,23H,3-6,11H2,1-2H3,(H,20,21). The average Bonchev–Trinajstić information content (AvgIpc) is 3.09. The maximum Gasteiger partial charge on any atom is 0.411 e. The predicted octanol–water partition coefficient (Wildman–Crippen LogP) is 6.00. The van der Waals surface area contributed by atoms with Crippen molar-refractivity contribution in [2.45, 2.75) is 57.0 Å². The van der Waals surface area contributed by atoms with Gasteiger partial charge in [-0.1, -0.05) is 51.0 Å². The van der Waals surface area contributed by atoms with Crippen molar-refractivity contribution in [3.8, 4) is 0 Å². The highest BCUT2D eigenvalue weighted by atomic mass is 32.2. The molecule has 0 bridgehead atoms. The zero-order chi connectivity index (χ0) is 16.5. The maximum absolute atomic E-state index is 12.2. The zero-order valence-electron chi connectivity index (χ0n) is 14.0. The monoisotopic (exact) mass is 333 g/mol. The van der Waals surface area contributed by atoms with Gasteiger partial charge in [0.1, 0.15) is 6.10 Å². The lowest BCUT2D eigenvalue weighted by Crippen LogP contribution is -2.22. The van der Waals surface area contributed by atoms with Gasteiger partial charge in [-0.3, -0.25) is 5.32 Å². The number of unbranched alkanes of at least 4 members (excludes halogenated alkanes) is 2. The molecule has 1 unspecified atom stereocenters. The summed E-state index contributed by atoms with van der Waals surface area (Å²) in [5.74, 6) is 0. The largest absolute Gasteiger partial charge is 0.446 e. The fourth-order valence-electron chi connectivity index (χ4n) is 2.56. The molecule has 1 aliphatic rings. The SMILES string of the molecule is CCCCCC(CC)OC(=O)Nc1ccccc1[SH]1C=CC=C1.